The first-order valence-electron chi connectivity index (χ1n) is 2.98. The molecule has 1 rings (SSSR count). The Morgan fingerprint density at radius 2 is 2.31 bits per heavy atom. The summed E-state index contributed by atoms with van der Waals surface area (Å²) in [7, 11) is 0. The third-order valence-corrected chi connectivity index (χ3v) is 1.38. The van der Waals surface area contributed by atoms with E-state index in [1.165, 1.54) is 6.20 Å². The Morgan fingerprint density at radius 1 is 1.62 bits per heavy atom. The predicted octanol–water partition coefficient (Wildman–Crippen LogP) is 2.39. The van der Waals surface area contributed by atoms with Crippen molar-refractivity contribution in [3.05, 3.63) is 22.2 Å². The van der Waals surface area contributed by atoms with Crippen LogP contribution in [0.2, 0.25) is 0 Å². The van der Waals surface area contributed by atoms with Crippen LogP contribution < -0.4 is 4.74 Å². The van der Waals surface area contributed by atoms with E-state index in [4.69, 9.17) is 6.57 Å². The summed E-state index contributed by atoms with van der Waals surface area (Å²) in [5, 5.41) is 0. The highest BCUT2D eigenvalue weighted by atomic mass is 79.9. The summed E-state index contributed by atoms with van der Waals surface area (Å²) in [4.78, 5) is 9.92. The van der Waals surface area contributed by atoms with Crippen molar-refractivity contribution in [2.75, 3.05) is 0 Å². The standard InChI is InChI=1S/C6H2BrF2N3O/c1-10-4-5(13-6(8)9)11-2-3(7)12-4/h2,6H. The molecule has 0 N–H and O–H groups in total. The van der Waals surface area contributed by atoms with Gasteiger partial charge in [0.05, 0.1) is 6.20 Å². The molecule has 0 aromatic carbocycles. The number of rotatable bonds is 2. The molecule has 0 aliphatic rings. The van der Waals surface area contributed by atoms with Gasteiger partial charge in [0.25, 0.3) is 0 Å². The Bertz CT molecular complexity index is 352. The van der Waals surface area contributed by atoms with Gasteiger partial charge in [-0.3, -0.25) is 0 Å². The maximum Gasteiger partial charge on any atom is 0.387 e. The Kier molecular flexibility index (Phi) is 3.08. The smallest absolute Gasteiger partial charge is 0.387 e. The van der Waals surface area contributed by atoms with Crippen molar-refractivity contribution in [3.63, 3.8) is 0 Å². The van der Waals surface area contributed by atoms with Gasteiger partial charge < -0.3 is 9.58 Å². The average Bonchev–Trinajstić information content (AvgIpc) is 2.07. The number of alkyl halides is 2. The summed E-state index contributed by atoms with van der Waals surface area (Å²) in [6.07, 6.45) is 1.17. The summed E-state index contributed by atoms with van der Waals surface area (Å²) in [6, 6.07) is 0. The normalized spacial score (nSPS) is 9.77. The molecule has 0 unspecified atom stereocenters. The van der Waals surface area contributed by atoms with E-state index < -0.39 is 12.5 Å². The molecule has 0 saturated heterocycles. The van der Waals surface area contributed by atoms with Gasteiger partial charge in [0, 0.05) is 15.9 Å². The topological polar surface area (TPSA) is 39.4 Å². The van der Waals surface area contributed by atoms with E-state index in [1.807, 2.05) is 0 Å². The minimum Gasteiger partial charge on any atom is -0.424 e. The molecular formula is C6H2BrF2N3O. The molecule has 0 radical (unpaired) electrons. The van der Waals surface area contributed by atoms with Gasteiger partial charge in [0.1, 0.15) is 0 Å². The molecule has 0 aliphatic heterocycles. The van der Waals surface area contributed by atoms with Crippen LogP contribution in [0.25, 0.3) is 4.85 Å². The molecule has 1 aromatic rings. The van der Waals surface area contributed by atoms with Crippen LogP contribution in [0.5, 0.6) is 5.88 Å². The summed E-state index contributed by atoms with van der Waals surface area (Å²) in [5.41, 5.74) is 0. The third-order valence-electron chi connectivity index (χ3n) is 0.999. The van der Waals surface area contributed by atoms with E-state index >= 15 is 0 Å². The maximum atomic E-state index is 11.7. The lowest BCUT2D eigenvalue weighted by molar-refractivity contribution is -0.0524. The Hall–Kier alpha value is -1.29. The number of halogens is 3. The number of aromatic nitrogens is 2. The van der Waals surface area contributed by atoms with Crippen molar-refractivity contribution < 1.29 is 13.5 Å². The second-order valence-electron chi connectivity index (χ2n) is 1.81. The van der Waals surface area contributed by atoms with Gasteiger partial charge in [-0.05, 0) is 0 Å². The second kappa shape index (κ2) is 4.09. The Balaban J connectivity index is 3.01. The van der Waals surface area contributed by atoms with Crippen LogP contribution in [0, 0.1) is 6.57 Å². The molecule has 1 aromatic heterocycles. The van der Waals surface area contributed by atoms with E-state index in [9.17, 15) is 8.78 Å². The molecule has 68 valence electrons. The first-order chi connectivity index (χ1) is 6.13. The summed E-state index contributed by atoms with van der Waals surface area (Å²) in [6.45, 7) is 3.60. The van der Waals surface area contributed by atoms with Crippen molar-refractivity contribution >= 4 is 21.7 Å². The lowest BCUT2D eigenvalue weighted by atomic mass is 10.6. The van der Waals surface area contributed by atoms with E-state index in [0.29, 0.717) is 4.60 Å². The highest BCUT2D eigenvalue weighted by molar-refractivity contribution is 9.10. The molecule has 7 heteroatoms. The van der Waals surface area contributed by atoms with Crippen LogP contribution in [0.1, 0.15) is 0 Å². The minimum absolute atomic E-state index is 0.292. The SMILES string of the molecule is [C-]#[N+]c1nc(Br)cnc1OC(F)F. The van der Waals surface area contributed by atoms with Crippen LogP contribution in [-0.2, 0) is 0 Å². The van der Waals surface area contributed by atoms with Crippen LogP contribution in [0.3, 0.4) is 0 Å². The van der Waals surface area contributed by atoms with Crippen LogP contribution in [0.15, 0.2) is 10.8 Å². The number of hydrogen-bond acceptors (Lipinski definition) is 3. The molecule has 0 atom stereocenters. The monoisotopic (exact) mass is 249 g/mol. The maximum absolute atomic E-state index is 11.7. The summed E-state index contributed by atoms with van der Waals surface area (Å²) < 4.78 is 27.7. The zero-order valence-electron chi connectivity index (χ0n) is 6.04. The fraction of sp³-hybridized carbons (Fsp3) is 0.167. The molecule has 0 bridgehead atoms. The molecule has 4 nitrogen and oxygen atoms in total. The molecule has 0 spiro atoms. The van der Waals surface area contributed by atoms with Crippen LogP contribution >= 0.6 is 15.9 Å². The molecule has 0 saturated carbocycles. The quantitative estimate of drug-likeness (QED) is 0.756. The first kappa shape index (κ1) is 9.80. The first-order valence-corrected chi connectivity index (χ1v) is 3.77. The van der Waals surface area contributed by atoms with E-state index in [-0.39, 0.29) is 5.82 Å². The Labute approximate surface area is 80.5 Å². The minimum atomic E-state index is -3.00. The molecule has 1 heterocycles. The number of nitrogens with zero attached hydrogens (tertiary/aromatic N) is 3. The van der Waals surface area contributed by atoms with E-state index in [2.05, 4.69) is 35.5 Å². The van der Waals surface area contributed by atoms with Crippen molar-refractivity contribution in [1.82, 2.24) is 9.97 Å². The van der Waals surface area contributed by atoms with Gasteiger partial charge in [-0.1, -0.05) is 6.57 Å². The zero-order chi connectivity index (χ0) is 9.84. The van der Waals surface area contributed by atoms with Crippen LogP contribution in [0.4, 0.5) is 14.6 Å². The fourth-order valence-electron chi connectivity index (χ4n) is 0.588. The average molecular weight is 250 g/mol. The molecular weight excluding hydrogens is 248 g/mol. The van der Waals surface area contributed by atoms with E-state index in [1.54, 1.807) is 0 Å². The summed E-state index contributed by atoms with van der Waals surface area (Å²) >= 11 is 2.94. The fourth-order valence-corrected chi connectivity index (χ4v) is 0.858. The van der Waals surface area contributed by atoms with Crippen LogP contribution in [-0.4, -0.2) is 16.6 Å². The number of hydrogen-bond donors (Lipinski definition) is 0. The second-order valence-corrected chi connectivity index (χ2v) is 2.62. The van der Waals surface area contributed by atoms with Crippen molar-refractivity contribution in [2.24, 2.45) is 0 Å². The zero-order valence-corrected chi connectivity index (χ0v) is 7.62. The lowest BCUT2D eigenvalue weighted by Gasteiger charge is -2.03. The van der Waals surface area contributed by atoms with Crippen molar-refractivity contribution in [3.8, 4) is 5.88 Å². The van der Waals surface area contributed by atoms with Crippen molar-refractivity contribution in [1.29, 1.82) is 0 Å². The lowest BCUT2D eigenvalue weighted by Crippen LogP contribution is -2.04. The number of ether oxygens (including phenoxy) is 1. The van der Waals surface area contributed by atoms with Gasteiger partial charge in [-0.2, -0.15) is 8.78 Å². The summed E-state index contributed by atoms with van der Waals surface area (Å²) in [5.74, 6) is -0.761. The van der Waals surface area contributed by atoms with E-state index in [0.717, 1.165) is 0 Å². The van der Waals surface area contributed by atoms with Gasteiger partial charge >= 0.3 is 12.4 Å². The predicted molar refractivity (Wildman–Crippen MR) is 42.6 cm³/mol. The van der Waals surface area contributed by atoms with Gasteiger partial charge in [-0.15, -0.1) is 4.98 Å². The van der Waals surface area contributed by atoms with Gasteiger partial charge in [0.2, 0.25) is 10.5 Å². The van der Waals surface area contributed by atoms with Crippen molar-refractivity contribution in [2.45, 2.75) is 6.61 Å². The molecule has 0 amide bonds. The van der Waals surface area contributed by atoms with Gasteiger partial charge in [0.15, 0.2) is 0 Å². The molecule has 0 aliphatic carbocycles. The molecule has 13 heavy (non-hydrogen) atoms. The highest BCUT2D eigenvalue weighted by Gasteiger charge is 2.13. The largest absolute Gasteiger partial charge is 0.424 e. The van der Waals surface area contributed by atoms with Gasteiger partial charge in [-0.25, -0.2) is 4.98 Å². The third kappa shape index (κ3) is 2.59. The highest BCUT2D eigenvalue weighted by Crippen LogP contribution is 2.25. The Morgan fingerprint density at radius 3 is 2.85 bits per heavy atom. The molecule has 0 fully saturated rings.